The first kappa shape index (κ1) is 13.4. The molecule has 0 aromatic carbocycles. The maximum atomic E-state index is 6.16. The van der Waals surface area contributed by atoms with E-state index in [-0.39, 0.29) is 0 Å². The molecule has 0 saturated heterocycles. The second kappa shape index (κ2) is 6.19. The van der Waals surface area contributed by atoms with E-state index in [9.17, 15) is 0 Å². The molecule has 0 aromatic heterocycles. The number of hydrogen-bond acceptors (Lipinski definition) is 2. The van der Waals surface area contributed by atoms with Gasteiger partial charge in [-0.2, -0.15) is 0 Å². The average molecular weight is 238 g/mol. The summed E-state index contributed by atoms with van der Waals surface area (Å²) in [5.41, 5.74) is 6.16. The average Bonchev–Trinajstić information content (AvgIpc) is 3.03. The number of nitrogens with zero attached hydrogens (tertiary/aromatic N) is 1. The standard InChI is InChI=1S/C15H30N2/c1-12(2)8-10-17(14-6-7-14)11-9-13-4-3-5-15(13)16/h12-15H,3-11,16H2,1-2H3. The molecule has 2 unspecified atom stereocenters. The minimum Gasteiger partial charge on any atom is -0.327 e. The van der Waals surface area contributed by atoms with Crippen molar-refractivity contribution in [1.29, 1.82) is 0 Å². The van der Waals surface area contributed by atoms with Crippen LogP contribution in [0.25, 0.3) is 0 Å². The van der Waals surface area contributed by atoms with Crippen molar-refractivity contribution in [3.63, 3.8) is 0 Å². The minimum atomic E-state index is 0.501. The van der Waals surface area contributed by atoms with E-state index in [0.29, 0.717) is 6.04 Å². The summed E-state index contributed by atoms with van der Waals surface area (Å²) < 4.78 is 0. The summed E-state index contributed by atoms with van der Waals surface area (Å²) in [6.07, 6.45) is 9.58. The van der Waals surface area contributed by atoms with E-state index in [1.807, 2.05) is 0 Å². The third-order valence-corrected chi connectivity index (χ3v) is 4.56. The molecule has 2 rings (SSSR count). The first-order valence-electron chi connectivity index (χ1n) is 7.66. The first-order chi connectivity index (χ1) is 8.16. The Kier molecular flexibility index (Phi) is 4.87. The molecular weight excluding hydrogens is 208 g/mol. The SMILES string of the molecule is CC(C)CCN(CCC1CCCC1N)C1CC1. The first-order valence-corrected chi connectivity index (χ1v) is 7.66. The predicted molar refractivity (Wildman–Crippen MR) is 74.0 cm³/mol. The van der Waals surface area contributed by atoms with E-state index in [1.54, 1.807) is 0 Å². The molecule has 0 aliphatic heterocycles. The van der Waals surface area contributed by atoms with Crippen LogP contribution in [-0.2, 0) is 0 Å². The molecule has 0 bridgehead atoms. The lowest BCUT2D eigenvalue weighted by atomic mass is 10.00. The highest BCUT2D eigenvalue weighted by atomic mass is 15.2. The number of hydrogen-bond donors (Lipinski definition) is 1. The molecule has 0 heterocycles. The van der Waals surface area contributed by atoms with Gasteiger partial charge in [-0.3, -0.25) is 0 Å². The Morgan fingerprint density at radius 1 is 1.12 bits per heavy atom. The maximum Gasteiger partial charge on any atom is 0.00964 e. The lowest BCUT2D eigenvalue weighted by Crippen LogP contribution is -2.33. The molecule has 2 aliphatic carbocycles. The van der Waals surface area contributed by atoms with E-state index in [2.05, 4.69) is 18.7 Å². The highest BCUT2D eigenvalue weighted by molar-refractivity contribution is 4.87. The predicted octanol–water partition coefficient (Wildman–Crippen LogP) is 3.01. The number of nitrogens with two attached hydrogens (primary N) is 1. The molecule has 100 valence electrons. The van der Waals surface area contributed by atoms with Gasteiger partial charge in [-0.05, 0) is 63.5 Å². The van der Waals surface area contributed by atoms with Gasteiger partial charge in [0.15, 0.2) is 0 Å². The maximum absolute atomic E-state index is 6.16. The summed E-state index contributed by atoms with van der Waals surface area (Å²) in [5.74, 6) is 1.65. The van der Waals surface area contributed by atoms with Gasteiger partial charge in [-0.25, -0.2) is 0 Å². The summed E-state index contributed by atoms with van der Waals surface area (Å²) in [6.45, 7) is 7.27. The number of rotatable bonds is 7. The minimum absolute atomic E-state index is 0.501. The third kappa shape index (κ3) is 4.26. The Balaban J connectivity index is 1.69. The zero-order valence-corrected chi connectivity index (χ0v) is 11.7. The molecular formula is C15H30N2. The summed E-state index contributed by atoms with van der Waals surface area (Å²) in [4.78, 5) is 2.74. The third-order valence-electron chi connectivity index (χ3n) is 4.56. The van der Waals surface area contributed by atoms with Gasteiger partial charge in [0.1, 0.15) is 0 Å². The summed E-state index contributed by atoms with van der Waals surface area (Å²) in [6, 6.07) is 1.42. The Morgan fingerprint density at radius 2 is 1.88 bits per heavy atom. The largest absolute Gasteiger partial charge is 0.327 e. The Labute approximate surface area is 107 Å². The van der Waals surface area contributed by atoms with Crippen LogP contribution < -0.4 is 5.73 Å². The van der Waals surface area contributed by atoms with Crippen LogP contribution in [0.1, 0.15) is 58.8 Å². The van der Waals surface area contributed by atoms with Crippen LogP contribution in [0.2, 0.25) is 0 Å². The molecule has 17 heavy (non-hydrogen) atoms. The molecule has 0 spiro atoms. The monoisotopic (exact) mass is 238 g/mol. The second-order valence-corrected chi connectivity index (χ2v) is 6.59. The van der Waals surface area contributed by atoms with Crippen molar-refractivity contribution in [3.05, 3.63) is 0 Å². The van der Waals surface area contributed by atoms with Gasteiger partial charge in [0.25, 0.3) is 0 Å². The molecule has 2 nitrogen and oxygen atoms in total. The Bertz CT molecular complexity index is 223. The Hall–Kier alpha value is -0.0800. The van der Waals surface area contributed by atoms with Gasteiger partial charge in [-0.15, -0.1) is 0 Å². The van der Waals surface area contributed by atoms with Crippen LogP contribution in [0, 0.1) is 11.8 Å². The van der Waals surface area contributed by atoms with Gasteiger partial charge in [0, 0.05) is 12.1 Å². The summed E-state index contributed by atoms with van der Waals surface area (Å²) in [5, 5.41) is 0. The lowest BCUT2D eigenvalue weighted by molar-refractivity contribution is 0.225. The molecule has 0 aromatic rings. The van der Waals surface area contributed by atoms with Gasteiger partial charge in [-0.1, -0.05) is 20.3 Å². The summed E-state index contributed by atoms with van der Waals surface area (Å²) >= 11 is 0. The molecule has 2 heteroatoms. The van der Waals surface area contributed by atoms with Gasteiger partial charge in [0.05, 0.1) is 0 Å². The van der Waals surface area contributed by atoms with E-state index < -0.39 is 0 Å². The van der Waals surface area contributed by atoms with Crippen molar-refractivity contribution in [3.8, 4) is 0 Å². The fourth-order valence-electron chi connectivity index (χ4n) is 3.10. The normalized spacial score (nSPS) is 29.5. The second-order valence-electron chi connectivity index (χ2n) is 6.59. The molecule has 2 atom stereocenters. The zero-order valence-electron chi connectivity index (χ0n) is 11.7. The van der Waals surface area contributed by atoms with Gasteiger partial charge < -0.3 is 10.6 Å². The van der Waals surface area contributed by atoms with Crippen LogP contribution in [0.15, 0.2) is 0 Å². The molecule has 2 saturated carbocycles. The topological polar surface area (TPSA) is 29.3 Å². The molecule has 0 amide bonds. The van der Waals surface area contributed by atoms with Crippen LogP contribution >= 0.6 is 0 Å². The highest BCUT2D eigenvalue weighted by Gasteiger charge is 2.30. The van der Waals surface area contributed by atoms with E-state index >= 15 is 0 Å². The van der Waals surface area contributed by atoms with Crippen molar-refractivity contribution in [2.24, 2.45) is 17.6 Å². The molecule has 0 radical (unpaired) electrons. The lowest BCUT2D eigenvalue weighted by Gasteiger charge is -2.25. The van der Waals surface area contributed by atoms with Crippen LogP contribution in [0.5, 0.6) is 0 Å². The van der Waals surface area contributed by atoms with Crippen LogP contribution in [0.3, 0.4) is 0 Å². The van der Waals surface area contributed by atoms with Crippen molar-refractivity contribution < 1.29 is 0 Å². The fraction of sp³-hybridized carbons (Fsp3) is 1.00. The molecule has 2 aliphatic rings. The quantitative estimate of drug-likeness (QED) is 0.739. The molecule has 2 N–H and O–H groups in total. The highest BCUT2D eigenvalue weighted by Crippen LogP contribution is 2.31. The van der Waals surface area contributed by atoms with Crippen molar-refractivity contribution in [2.45, 2.75) is 70.9 Å². The van der Waals surface area contributed by atoms with E-state index in [4.69, 9.17) is 5.73 Å². The fourth-order valence-corrected chi connectivity index (χ4v) is 3.10. The van der Waals surface area contributed by atoms with Crippen molar-refractivity contribution >= 4 is 0 Å². The van der Waals surface area contributed by atoms with Crippen molar-refractivity contribution in [2.75, 3.05) is 13.1 Å². The summed E-state index contributed by atoms with van der Waals surface area (Å²) in [7, 11) is 0. The zero-order chi connectivity index (χ0) is 12.3. The van der Waals surface area contributed by atoms with Gasteiger partial charge in [0.2, 0.25) is 0 Å². The van der Waals surface area contributed by atoms with Crippen LogP contribution in [-0.4, -0.2) is 30.1 Å². The van der Waals surface area contributed by atoms with Gasteiger partial charge >= 0.3 is 0 Å². The molecule has 2 fully saturated rings. The van der Waals surface area contributed by atoms with Crippen molar-refractivity contribution in [1.82, 2.24) is 4.90 Å². The van der Waals surface area contributed by atoms with Crippen LogP contribution in [0.4, 0.5) is 0 Å². The van der Waals surface area contributed by atoms with E-state index in [0.717, 1.165) is 17.9 Å². The van der Waals surface area contributed by atoms with E-state index in [1.165, 1.54) is 58.0 Å². The Morgan fingerprint density at radius 3 is 2.41 bits per heavy atom. The smallest absolute Gasteiger partial charge is 0.00964 e.